The Hall–Kier alpha value is -0.120. The lowest BCUT2D eigenvalue weighted by Gasteiger charge is -2.65. The summed E-state index contributed by atoms with van der Waals surface area (Å²) in [6, 6.07) is 0. The van der Waals surface area contributed by atoms with Crippen molar-refractivity contribution in [3.05, 3.63) is 0 Å². The van der Waals surface area contributed by atoms with Crippen LogP contribution >= 0.6 is 0 Å². The highest BCUT2D eigenvalue weighted by Crippen LogP contribution is 2.67. The van der Waals surface area contributed by atoms with E-state index in [0.29, 0.717) is 23.7 Å². The third-order valence-corrected chi connectivity index (χ3v) is 8.62. The molecule has 4 aliphatic rings. The quantitative estimate of drug-likeness (QED) is 0.645. The first-order valence-electron chi connectivity index (χ1n) is 9.39. The molecule has 4 saturated carbocycles. The average Bonchev–Trinajstić information content (AvgIpc) is 2.84. The van der Waals surface area contributed by atoms with Crippen molar-refractivity contribution in [3.8, 4) is 0 Å². The molecular weight excluding hydrogens is 276 g/mol. The number of rotatable bonds is 0. The van der Waals surface area contributed by atoms with Crippen LogP contribution in [0.15, 0.2) is 0 Å². The number of fused-ring (bicyclic) bond motifs is 5. The number of hydrogen-bond donors (Lipinski definition) is 3. The molecule has 0 aromatic heterocycles. The topological polar surface area (TPSA) is 60.7 Å². The minimum absolute atomic E-state index is 0.224. The maximum Gasteiger partial charge on any atom is 0.0985 e. The van der Waals surface area contributed by atoms with Crippen molar-refractivity contribution in [2.45, 2.75) is 89.4 Å². The molecule has 0 radical (unpaired) electrons. The van der Waals surface area contributed by atoms with E-state index in [0.717, 1.165) is 25.2 Å². The van der Waals surface area contributed by atoms with Crippen LogP contribution in [0.5, 0.6) is 0 Å². The summed E-state index contributed by atoms with van der Waals surface area (Å²) >= 11 is 0. The Morgan fingerprint density at radius 3 is 2.45 bits per heavy atom. The van der Waals surface area contributed by atoms with Crippen molar-refractivity contribution >= 4 is 0 Å². The predicted octanol–water partition coefficient (Wildman–Crippen LogP) is 2.87. The molecule has 0 aromatic carbocycles. The summed E-state index contributed by atoms with van der Waals surface area (Å²) in [7, 11) is 0. The lowest BCUT2D eigenvalue weighted by molar-refractivity contribution is -0.263. The molecule has 0 aliphatic heterocycles. The van der Waals surface area contributed by atoms with Gasteiger partial charge in [0.05, 0.1) is 17.8 Å². The monoisotopic (exact) mass is 308 g/mol. The van der Waals surface area contributed by atoms with Gasteiger partial charge >= 0.3 is 0 Å². The lowest BCUT2D eigenvalue weighted by Crippen LogP contribution is -2.68. The van der Waals surface area contributed by atoms with Crippen LogP contribution in [0, 0.1) is 28.6 Å². The predicted molar refractivity (Wildman–Crippen MR) is 85.2 cm³/mol. The van der Waals surface area contributed by atoms with Gasteiger partial charge in [0.25, 0.3) is 0 Å². The molecule has 0 unspecified atom stereocenters. The fraction of sp³-hybridized carbons (Fsp3) is 1.00. The van der Waals surface area contributed by atoms with Gasteiger partial charge in [-0.05, 0) is 68.1 Å². The van der Waals surface area contributed by atoms with E-state index in [4.69, 9.17) is 0 Å². The molecule has 4 aliphatic carbocycles. The molecular formula is C19H32O3. The summed E-state index contributed by atoms with van der Waals surface area (Å²) in [5.41, 5.74) is -0.836. The highest BCUT2D eigenvalue weighted by Gasteiger charge is 2.66. The standard InChI is InChI=1S/C19H32O3/c1-17-7-3-4-14(17)13-10-16(21)19(22)11-12(20)5-9-18(19,2)15(13)6-8-17/h12-16,20-22H,3-11H2,1-2H3/t12-,13+,14-,15+,16+,17-,18+,19+/m1/s1. The first-order valence-corrected chi connectivity index (χ1v) is 9.39. The van der Waals surface area contributed by atoms with E-state index in [9.17, 15) is 15.3 Å². The Bertz CT molecular complexity index is 466. The van der Waals surface area contributed by atoms with E-state index < -0.39 is 17.8 Å². The van der Waals surface area contributed by atoms with Gasteiger partial charge in [0.1, 0.15) is 0 Å². The van der Waals surface area contributed by atoms with Gasteiger partial charge in [-0.2, -0.15) is 0 Å². The van der Waals surface area contributed by atoms with Crippen LogP contribution in [-0.4, -0.2) is 33.1 Å². The van der Waals surface area contributed by atoms with Crippen LogP contribution < -0.4 is 0 Å². The second-order valence-corrected chi connectivity index (χ2v) is 9.45. The van der Waals surface area contributed by atoms with Gasteiger partial charge in [0, 0.05) is 11.8 Å². The zero-order valence-electron chi connectivity index (χ0n) is 14.1. The zero-order chi connectivity index (χ0) is 15.8. The Morgan fingerprint density at radius 1 is 0.909 bits per heavy atom. The third kappa shape index (κ3) is 1.79. The van der Waals surface area contributed by atoms with E-state index in [2.05, 4.69) is 13.8 Å². The van der Waals surface area contributed by atoms with Crippen molar-refractivity contribution in [2.24, 2.45) is 28.6 Å². The first-order chi connectivity index (χ1) is 10.3. The normalized spacial score (nSPS) is 61.2. The summed E-state index contributed by atoms with van der Waals surface area (Å²) in [5.74, 6) is 1.82. The van der Waals surface area contributed by atoms with E-state index in [-0.39, 0.29) is 5.41 Å². The van der Waals surface area contributed by atoms with Gasteiger partial charge in [-0.15, -0.1) is 0 Å². The summed E-state index contributed by atoms with van der Waals surface area (Å²) in [5, 5.41) is 32.2. The molecule has 3 heteroatoms. The first kappa shape index (κ1) is 15.4. The molecule has 0 spiro atoms. The van der Waals surface area contributed by atoms with E-state index in [1.807, 2.05) is 0 Å². The average molecular weight is 308 g/mol. The smallest absolute Gasteiger partial charge is 0.0985 e. The summed E-state index contributed by atoms with van der Waals surface area (Å²) in [6.07, 6.45) is 8.06. The van der Waals surface area contributed by atoms with Crippen LogP contribution in [0.4, 0.5) is 0 Å². The molecule has 0 amide bonds. The molecule has 8 atom stereocenters. The molecule has 0 heterocycles. The number of hydrogen-bond acceptors (Lipinski definition) is 3. The maximum atomic E-state index is 11.3. The second kappa shape index (κ2) is 4.70. The molecule has 0 saturated heterocycles. The molecule has 4 rings (SSSR count). The second-order valence-electron chi connectivity index (χ2n) is 9.45. The van der Waals surface area contributed by atoms with Crippen molar-refractivity contribution in [1.29, 1.82) is 0 Å². The lowest BCUT2D eigenvalue weighted by atomic mass is 9.43. The highest BCUT2D eigenvalue weighted by atomic mass is 16.3. The SMILES string of the molecule is C[C@]12CCC[C@@H]1[C@@H]1C[C@H](O)[C@@]3(O)C[C@H](O)CC[C@@]3(C)[C@H]1CC2. The molecule has 126 valence electrons. The van der Waals surface area contributed by atoms with Gasteiger partial charge in [-0.1, -0.05) is 20.3 Å². The Labute approximate surface area is 134 Å². The fourth-order valence-electron chi connectivity index (χ4n) is 7.25. The molecule has 22 heavy (non-hydrogen) atoms. The molecule has 0 aromatic rings. The van der Waals surface area contributed by atoms with Crippen molar-refractivity contribution < 1.29 is 15.3 Å². The summed E-state index contributed by atoms with van der Waals surface area (Å²) in [4.78, 5) is 0. The maximum absolute atomic E-state index is 11.3. The summed E-state index contributed by atoms with van der Waals surface area (Å²) in [6.45, 7) is 4.66. The van der Waals surface area contributed by atoms with Crippen molar-refractivity contribution in [1.82, 2.24) is 0 Å². The zero-order valence-corrected chi connectivity index (χ0v) is 14.1. The van der Waals surface area contributed by atoms with Gasteiger partial charge < -0.3 is 15.3 Å². The fourth-order valence-corrected chi connectivity index (χ4v) is 7.25. The molecule has 0 bridgehead atoms. The minimum atomic E-state index is -1.09. The Kier molecular flexibility index (Phi) is 3.30. The highest BCUT2D eigenvalue weighted by molar-refractivity contribution is 5.16. The van der Waals surface area contributed by atoms with E-state index >= 15 is 0 Å². The molecule has 4 fully saturated rings. The summed E-state index contributed by atoms with van der Waals surface area (Å²) < 4.78 is 0. The van der Waals surface area contributed by atoms with Gasteiger partial charge in [0.15, 0.2) is 0 Å². The minimum Gasteiger partial charge on any atom is -0.393 e. The van der Waals surface area contributed by atoms with Crippen molar-refractivity contribution in [3.63, 3.8) is 0 Å². The van der Waals surface area contributed by atoms with Crippen LogP contribution in [0.25, 0.3) is 0 Å². The van der Waals surface area contributed by atoms with Gasteiger partial charge in [0.2, 0.25) is 0 Å². The molecule has 3 N–H and O–H groups in total. The van der Waals surface area contributed by atoms with Crippen molar-refractivity contribution in [2.75, 3.05) is 0 Å². The van der Waals surface area contributed by atoms with E-state index in [1.165, 1.54) is 32.1 Å². The van der Waals surface area contributed by atoms with Crippen LogP contribution in [0.3, 0.4) is 0 Å². The number of aliphatic hydroxyl groups is 3. The van der Waals surface area contributed by atoms with E-state index in [1.54, 1.807) is 0 Å². The third-order valence-electron chi connectivity index (χ3n) is 8.62. The largest absolute Gasteiger partial charge is 0.393 e. The Balaban J connectivity index is 1.71. The van der Waals surface area contributed by atoms with Crippen LogP contribution in [0.1, 0.15) is 71.6 Å². The van der Waals surface area contributed by atoms with Gasteiger partial charge in [-0.3, -0.25) is 0 Å². The molecule has 3 nitrogen and oxygen atoms in total. The van der Waals surface area contributed by atoms with Crippen LogP contribution in [-0.2, 0) is 0 Å². The van der Waals surface area contributed by atoms with Crippen LogP contribution in [0.2, 0.25) is 0 Å². The van der Waals surface area contributed by atoms with Gasteiger partial charge in [-0.25, -0.2) is 0 Å². The number of aliphatic hydroxyl groups excluding tert-OH is 2. The Morgan fingerprint density at radius 2 is 1.68 bits per heavy atom.